The van der Waals surface area contributed by atoms with Gasteiger partial charge in [-0.15, -0.1) is 11.3 Å². The predicted octanol–water partition coefficient (Wildman–Crippen LogP) is 3.93. The van der Waals surface area contributed by atoms with Crippen LogP contribution in [0.15, 0.2) is 28.2 Å². The third-order valence-corrected chi connectivity index (χ3v) is 5.93. The largest absolute Gasteiger partial charge is 0.351 e. The number of ketones is 1. The molecular weight excluding hydrogens is 424 g/mol. The molecule has 0 bridgehead atoms. The first-order valence-electron chi connectivity index (χ1n) is 6.38. The number of carbonyl (C=O) groups is 1. The number of aromatic amines is 1. The summed E-state index contributed by atoms with van der Waals surface area (Å²) in [6.07, 6.45) is 2.66. The fourth-order valence-electron chi connectivity index (χ4n) is 2.28. The van der Waals surface area contributed by atoms with Crippen LogP contribution in [0.2, 0.25) is 5.02 Å². The average Bonchev–Trinajstić information content (AvgIpc) is 3.04. The maximum Gasteiger partial charge on any atom is 0.194 e. The number of nitrogens with zero attached hydrogens (tertiary/aromatic N) is 1. The zero-order valence-corrected chi connectivity index (χ0v) is 15.7. The summed E-state index contributed by atoms with van der Waals surface area (Å²) < 4.78 is 23.6. The van der Waals surface area contributed by atoms with E-state index in [4.69, 9.17) is 11.6 Å². The molecule has 0 spiro atoms. The van der Waals surface area contributed by atoms with Gasteiger partial charge in [-0.1, -0.05) is 11.6 Å². The lowest BCUT2D eigenvalue weighted by Crippen LogP contribution is -2.15. The van der Waals surface area contributed by atoms with Crippen molar-refractivity contribution in [1.82, 2.24) is 9.97 Å². The Kier molecular flexibility index (Phi) is 4.35. The maximum atomic E-state index is 12.4. The number of aromatic nitrogens is 2. The van der Waals surface area contributed by atoms with E-state index in [0.29, 0.717) is 25.6 Å². The number of Topliss-reactive ketones (excluding diaryl/α,β-unsaturated/α-hetero) is 1. The molecule has 0 saturated carbocycles. The minimum absolute atomic E-state index is 0.231. The van der Waals surface area contributed by atoms with Crippen molar-refractivity contribution >= 4 is 65.4 Å². The van der Waals surface area contributed by atoms with Gasteiger partial charge in [0.25, 0.3) is 0 Å². The van der Waals surface area contributed by atoms with E-state index < -0.39 is 21.4 Å². The minimum atomic E-state index is -3.43. The number of carbonyl (C=O) groups excluding carboxylic acids is 1. The summed E-state index contributed by atoms with van der Waals surface area (Å²) in [5, 5.41) is 3.65. The van der Waals surface area contributed by atoms with E-state index in [1.165, 1.54) is 11.3 Å². The summed E-state index contributed by atoms with van der Waals surface area (Å²) in [6, 6.07) is 3.48. The van der Waals surface area contributed by atoms with E-state index >= 15 is 0 Å². The zero-order valence-electron chi connectivity index (χ0n) is 11.8. The Hall–Kier alpha value is -1.22. The predicted molar refractivity (Wildman–Crippen MR) is 96.2 cm³/mol. The number of halogens is 2. The van der Waals surface area contributed by atoms with E-state index in [0.717, 1.165) is 11.6 Å². The van der Waals surface area contributed by atoms with Crippen LogP contribution >= 0.6 is 38.9 Å². The summed E-state index contributed by atoms with van der Waals surface area (Å²) >= 11 is 10.9. The molecule has 23 heavy (non-hydrogen) atoms. The molecule has 120 valence electrons. The molecule has 2 heterocycles. The van der Waals surface area contributed by atoms with Gasteiger partial charge >= 0.3 is 0 Å². The summed E-state index contributed by atoms with van der Waals surface area (Å²) in [5.41, 5.74) is 1.50. The van der Waals surface area contributed by atoms with Crippen LogP contribution in [0.25, 0.3) is 21.5 Å². The lowest BCUT2D eigenvalue weighted by Gasteiger charge is -2.01. The van der Waals surface area contributed by atoms with Gasteiger partial charge in [-0.3, -0.25) is 4.79 Å². The number of nitrogens with one attached hydrogen (secondary N) is 1. The van der Waals surface area contributed by atoms with Crippen molar-refractivity contribution < 1.29 is 13.2 Å². The molecule has 0 radical (unpaired) electrons. The van der Waals surface area contributed by atoms with Crippen molar-refractivity contribution in [3.63, 3.8) is 0 Å². The third-order valence-electron chi connectivity index (χ3n) is 3.16. The zero-order chi connectivity index (χ0) is 16.8. The molecule has 1 aromatic carbocycles. The summed E-state index contributed by atoms with van der Waals surface area (Å²) in [7, 11) is -3.43. The first-order valence-corrected chi connectivity index (χ1v) is 10.5. The van der Waals surface area contributed by atoms with Crippen molar-refractivity contribution in [3.05, 3.63) is 38.9 Å². The first-order chi connectivity index (χ1) is 10.8. The van der Waals surface area contributed by atoms with E-state index in [1.54, 1.807) is 23.7 Å². The van der Waals surface area contributed by atoms with Crippen LogP contribution in [-0.2, 0) is 9.84 Å². The Bertz CT molecular complexity index is 1010. The van der Waals surface area contributed by atoms with Gasteiger partial charge in [-0.05, 0) is 28.1 Å². The molecule has 0 amide bonds. The van der Waals surface area contributed by atoms with Gasteiger partial charge in [-0.2, -0.15) is 0 Å². The molecule has 0 unspecified atom stereocenters. The van der Waals surface area contributed by atoms with Gasteiger partial charge in [0.1, 0.15) is 10.8 Å². The fraction of sp³-hybridized carbons (Fsp3) is 0.143. The number of rotatable bonds is 4. The highest BCUT2D eigenvalue weighted by molar-refractivity contribution is 9.10. The van der Waals surface area contributed by atoms with Crippen molar-refractivity contribution in [2.45, 2.75) is 0 Å². The number of thiazole rings is 1. The van der Waals surface area contributed by atoms with Gasteiger partial charge in [0, 0.05) is 38.8 Å². The highest BCUT2D eigenvalue weighted by Crippen LogP contribution is 2.37. The molecule has 0 saturated heterocycles. The van der Waals surface area contributed by atoms with Crippen LogP contribution in [0.4, 0.5) is 0 Å². The SMILES string of the molecule is CS(=O)(=O)CC(=O)c1[nH]c2cc(Br)c(Cl)cc2c1-c1nccs1. The lowest BCUT2D eigenvalue weighted by atomic mass is 10.1. The van der Waals surface area contributed by atoms with Crippen molar-refractivity contribution in [3.8, 4) is 10.6 Å². The monoisotopic (exact) mass is 432 g/mol. The van der Waals surface area contributed by atoms with Crippen LogP contribution in [0.5, 0.6) is 0 Å². The Morgan fingerprint density at radius 2 is 2.17 bits per heavy atom. The number of hydrogen-bond acceptors (Lipinski definition) is 5. The second kappa shape index (κ2) is 6.01. The van der Waals surface area contributed by atoms with Crippen LogP contribution in [0, 0.1) is 0 Å². The van der Waals surface area contributed by atoms with Gasteiger partial charge < -0.3 is 4.98 Å². The summed E-state index contributed by atoms with van der Waals surface area (Å²) in [4.78, 5) is 19.7. The average molecular weight is 434 g/mol. The van der Waals surface area contributed by atoms with Gasteiger partial charge in [0.2, 0.25) is 0 Å². The topological polar surface area (TPSA) is 79.9 Å². The molecular formula is C14H10BrClN2O3S2. The van der Waals surface area contributed by atoms with E-state index in [1.807, 2.05) is 0 Å². The van der Waals surface area contributed by atoms with Crippen LogP contribution in [0.1, 0.15) is 10.5 Å². The molecule has 0 aliphatic heterocycles. The molecule has 0 aliphatic rings. The standard InChI is InChI=1S/C14H10BrClN2O3S2/c1-23(20,21)6-11(19)13-12(14-17-2-3-22-14)7-4-9(16)8(15)5-10(7)18-13/h2-5,18H,6H2,1H3. The molecule has 1 N–H and O–H groups in total. The number of sulfone groups is 1. The van der Waals surface area contributed by atoms with Crippen molar-refractivity contribution in [2.75, 3.05) is 12.0 Å². The molecule has 5 nitrogen and oxygen atoms in total. The maximum absolute atomic E-state index is 12.4. The Balaban J connectivity index is 2.28. The highest BCUT2D eigenvalue weighted by Gasteiger charge is 2.24. The van der Waals surface area contributed by atoms with Gasteiger partial charge in [-0.25, -0.2) is 13.4 Å². The second-order valence-corrected chi connectivity index (χ2v) is 9.31. The van der Waals surface area contributed by atoms with E-state index in [-0.39, 0.29) is 5.69 Å². The number of fused-ring (bicyclic) bond motifs is 1. The molecule has 3 rings (SSSR count). The molecule has 9 heteroatoms. The van der Waals surface area contributed by atoms with E-state index in [2.05, 4.69) is 25.9 Å². The van der Waals surface area contributed by atoms with Gasteiger partial charge in [0.05, 0.1) is 10.7 Å². The smallest absolute Gasteiger partial charge is 0.194 e. The fourth-order valence-corrected chi connectivity index (χ4v) is 4.11. The highest BCUT2D eigenvalue weighted by atomic mass is 79.9. The molecule has 0 atom stereocenters. The summed E-state index contributed by atoms with van der Waals surface area (Å²) in [5.74, 6) is -1.06. The van der Waals surface area contributed by atoms with Gasteiger partial charge in [0.15, 0.2) is 15.6 Å². The lowest BCUT2D eigenvalue weighted by molar-refractivity contribution is 0.101. The number of benzene rings is 1. The van der Waals surface area contributed by atoms with Crippen molar-refractivity contribution in [2.24, 2.45) is 0 Å². The van der Waals surface area contributed by atoms with Crippen molar-refractivity contribution in [1.29, 1.82) is 0 Å². The molecule has 2 aromatic heterocycles. The third kappa shape index (κ3) is 3.35. The van der Waals surface area contributed by atoms with Crippen LogP contribution in [0.3, 0.4) is 0 Å². The second-order valence-electron chi connectivity index (χ2n) is 5.02. The first kappa shape index (κ1) is 16.6. The van der Waals surface area contributed by atoms with E-state index in [9.17, 15) is 13.2 Å². The quantitative estimate of drug-likeness (QED) is 0.632. The Morgan fingerprint density at radius 3 is 2.78 bits per heavy atom. The number of hydrogen-bond donors (Lipinski definition) is 1. The number of H-pyrrole nitrogens is 1. The Labute approximate surface area is 149 Å². The normalized spacial score (nSPS) is 12.0. The molecule has 0 fully saturated rings. The summed E-state index contributed by atoms with van der Waals surface area (Å²) in [6.45, 7) is 0. The molecule has 0 aliphatic carbocycles. The minimum Gasteiger partial charge on any atom is -0.351 e. The van der Waals surface area contributed by atoms with Crippen LogP contribution in [-0.4, -0.2) is 36.2 Å². The van der Waals surface area contributed by atoms with Crippen LogP contribution < -0.4 is 0 Å². The Morgan fingerprint density at radius 1 is 1.43 bits per heavy atom. The molecule has 3 aromatic rings.